The van der Waals surface area contributed by atoms with Crippen molar-refractivity contribution in [1.82, 2.24) is 14.6 Å². The normalized spacial score (nSPS) is 10.4. The van der Waals surface area contributed by atoms with Crippen molar-refractivity contribution in [2.45, 2.75) is 0 Å². The van der Waals surface area contributed by atoms with Crippen molar-refractivity contribution in [3.63, 3.8) is 0 Å². The molecule has 6 heteroatoms. The Kier molecular flexibility index (Phi) is 3.04. The summed E-state index contributed by atoms with van der Waals surface area (Å²) in [5.41, 5.74) is 1.12. The van der Waals surface area contributed by atoms with Crippen LogP contribution in [0.4, 0.5) is 5.95 Å². The van der Waals surface area contributed by atoms with Gasteiger partial charge in [0, 0.05) is 6.20 Å². The molecule has 100 valence electrons. The highest BCUT2D eigenvalue weighted by Gasteiger charge is 2.14. The summed E-state index contributed by atoms with van der Waals surface area (Å²) in [4.78, 5) is 12.3. The van der Waals surface area contributed by atoms with E-state index in [0.29, 0.717) is 22.9 Å². The minimum absolute atomic E-state index is 0.291. The first-order valence-corrected chi connectivity index (χ1v) is 6.04. The molecular formula is C14H12N4O2. The van der Waals surface area contributed by atoms with E-state index in [4.69, 9.17) is 4.74 Å². The first-order valence-electron chi connectivity index (χ1n) is 6.04. The molecule has 0 radical (unpaired) electrons. The minimum atomic E-state index is -0.291. The molecule has 0 atom stereocenters. The highest BCUT2D eigenvalue weighted by atomic mass is 16.5. The molecule has 0 fully saturated rings. The van der Waals surface area contributed by atoms with E-state index in [1.807, 2.05) is 24.3 Å². The molecule has 0 bridgehead atoms. The molecule has 0 aliphatic heterocycles. The molecule has 0 unspecified atom stereocenters. The summed E-state index contributed by atoms with van der Waals surface area (Å²) in [5.74, 6) is 0.593. The van der Waals surface area contributed by atoms with Gasteiger partial charge in [-0.15, -0.1) is 10.2 Å². The summed E-state index contributed by atoms with van der Waals surface area (Å²) in [6.45, 7) is 0. The van der Waals surface area contributed by atoms with Crippen LogP contribution in [0.3, 0.4) is 0 Å². The summed E-state index contributed by atoms with van der Waals surface area (Å²) in [6.07, 6.45) is 1.78. The van der Waals surface area contributed by atoms with Crippen molar-refractivity contribution in [2.24, 2.45) is 0 Å². The molecule has 0 aliphatic rings. The first kappa shape index (κ1) is 12.2. The van der Waals surface area contributed by atoms with Gasteiger partial charge in [-0.25, -0.2) is 0 Å². The lowest BCUT2D eigenvalue weighted by Crippen LogP contribution is -2.15. The fourth-order valence-electron chi connectivity index (χ4n) is 1.93. The van der Waals surface area contributed by atoms with Crippen molar-refractivity contribution >= 4 is 17.5 Å². The van der Waals surface area contributed by atoms with Crippen LogP contribution in [0.5, 0.6) is 5.75 Å². The average molecular weight is 268 g/mol. The molecule has 20 heavy (non-hydrogen) atoms. The third-order valence-corrected chi connectivity index (χ3v) is 2.89. The van der Waals surface area contributed by atoms with Crippen LogP contribution in [0, 0.1) is 0 Å². The second kappa shape index (κ2) is 5.00. The number of para-hydroxylation sites is 1. The molecule has 0 aliphatic carbocycles. The lowest BCUT2D eigenvalue weighted by molar-refractivity contribution is 0.102. The number of nitrogens with zero attached hydrogens (tertiary/aromatic N) is 3. The molecule has 0 saturated heterocycles. The van der Waals surface area contributed by atoms with Crippen molar-refractivity contribution < 1.29 is 9.53 Å². The predicted molar refractivity (Wildman–Crippen MR) is 73.9 cm³/mol. The topological polar surface area (TPSA) is 68.5 Å². The number of rotatable bonds is 3. The zero-order valence-electron chi connectivity index (χ0n) is 10.8. The van der Waals surface area contributed by atoms with E-state index in [1.165, 1.54) is 7.11 Å². The zero-order valence-corrected chi connectivity index (χ0v) is 10.8. The Morgan fingerprint density at radius 1 is 1.15 bits per heavy atom. The van der Waals surface area contributed by atoms with E-state index < -0.39 is 0 Å². The number of carbonyl (C=O) groups excluding carboxylic acids is 1. The summed E-state index contributed by atoms with van der Waals surface area (Å²) in [5, 5.41) is 10.7. The number of aromatic nitrogens is 3. The number of hydrogen-bond acceptors (Lipinski definition) is 4. The van der Waals surface area contributed by atoms with Crippen molar-refractivity contribution in [2.75, 3.05) is 12.4 Å². The number of ether oxygens (including phenoxy) is 1. The van der Waals surface area contributed by atoms with Crippen LogP contribution >= 0.6 is 0 Å². The maximum Gasteiger partial charge on any atom is 0.261 e. The molecule has 3 rings (SSSR count). The standard InChI is InChI=1S/C14H12N4O2/c1-20-11-7-3-2-6-10(11)13(19)15-14-17-16-12-8-4-5-9-18(12)14/h2-9H,1H3,(H,15,17,19). The van der Waals surface area contributed by atoms with Crippen LogP contribution in [-0.4, -0.2) is 27.6 Å². The quantitative estimate of drug-likeness (QED) is 0.788. The fraction of sp³-hybridized carbons (Fsp3) is 0.0714. The fourth-order valence-corrected chi connectivity index (χ4v) is 1.93. The smallest absolute Gasteiger partial charge is 0.261 e. The number of methoxy groups -OCH3 is 1. The first-order chi connectivity index (χ1) is 9.79. The summed E-state index contributed by atoms with van der Waals surface area (Å²) in [7, 11) is 1.53. The average Bonchev–Trinajstić information content (AvgIpc) is 2.90. The maximum absolute atomic E-state index is 12.3. The van der Waals surface area contributed by atoms with Gasteiger partial charge in [0.1, 0.15) is 5.75 Å². The number of carbonyl (C=O) groups is 1. The number of hydrogen-bond donors (Lipinski definition) is 1. The van der Waals surface area contributed by atoms with E-state index in [2.05, 4.69) is 15.5 Å². The van der Waals surface area contributed by atoms with E-state index in [-0.39, 0.29) is 5.91 Å². The molecule has 1 aromatic carbocycles. The molecule has 1 N–H and O–H groups in total. The van der Waals surface area contributed by atoms with Crippen LogP contribution < -0.4 is 10.1 Å². The summed E-state index contributed by atoms with van der Waals surface area (Å²) in [6, 6.07) is 12.5. The van der Waals surface area contributed by atoms with Gasteiger partial charge in [-0.1, -0.05) is 18.2 Å². The highest BCUT2D eigenvalue weighted by Crippen LogP contribution is 2.18. The molecule has 1 amide bonds. The van der Waals surface area contributed by atoms with Crippen LogP contribution in [0.25, 0.3) is 5.65 Å². The van der Waals surface area contributed by atoms with E-state index >= 15 is 0 Å². The molecule has 3 aromatic rings. The van der Waals surface area contributed by atoms with Gasteiger partial charge >= 0.3 is 0 Å². The Balaban J connectivity index is 1.93. The van der Waals surface area contributed by atoms with Gasteiger partial charge < -0.3 is 4.74 Å². The molecule has 0 saturated carbocycles. The maximum atomic E-state index is 12.3. The third-order valence-electron chi connectivity index (χ3n) is 2.89. The van der Waals surface area contributed by atoms with Gasteiger partial charge in [0.15, 0.2) is 5.65 Å². The Labute approximate surface area is 115 Å². The summed E-state index contributed by atoms with van der Waals surface area (Å²) < 4.78 is 6.87. The number of pyridine rings is 1. The Hall–Kier alpha value is -2.89. The monoisotopic (exact) mass is 268 g/mol. The van der Waals surface area contributed by atoms with Gasteiger partial charge in [-0.05, 0) is 24.3 Å². The molecule has 6 nitrogen and oxygen atoms in total. The van der Waals surface area contributed by atoms with Crippen molar-refractivity contribution in [3.8, 4) is 5.75 Å². The third kappa shape index (κ3) is 2.07. The van der Waals surface area contributed by atoms with Crippen LogP contribution in [0.15, 0.2) is 48.7 Å². The summed E-state index contributed by atoms with van der Waals surface area (Å²) >= 11 is 0. The van der Waals surface area contributed by atoms with E-state index in [9.17, 15) is 4.79 Å². The van der Waals surface area contributed by atoms with Crippen molar-refractivity contribution in [3.05, 3.63) is 54.2 Å². The van der Waals surface area contributed by atoms with Gasteiger partial charge in [0.25, 0.3) is 5.91 Å². The van der Waals surface area contributed by atoms with Crippen molar-refractivity contribution in [1.29, 1.82) is 0 Å². The molecular weight excluding hydrogens is 256 g/mol. The lowest BCUT2D eigenvalue weighted by atomic mass is 10.2. The second-order valence-corrected chi connectivity index (χ2v) is 4.11. The van der Waals surface area contributed by atoms with Crippen LogP contribution in [-0.2, 0) is 0 Å². The number of nitrogens with one attached hydrogen (secondary N) is 1. The Morgan fingerprint density at radius 2 is 1.95 bits per heavy atom. The van der Waals surface area contributed by atoms with Gasteiger partial charge in [-0.2, -0.15) is 0 Å². The number of amides is 1. The number of benzene rings is 1. The Bertz CT molecular complexity index is 766. The minimum Gasteiger partial charge on any atom is -0.496 e. The Morgan fingerprint density at radius 3 is 2.80 bits per heavy atom. The zero-order chi connectivity index (χ0) is 13.9. The highest BCUT2D eigenvalue weighted by molar-refractivity contribution is 6.05. The second-order valence-electron chi connectivity index (χ2n) is 4.11. The van der Waals surface area contributed by atoms with E-state index in [0.717, 1.165) is 0 Å². The van der Waals surface area contributed by atoms with Crippen LogP contribution in [0.1, 0.15) is 10.4 Å². The molecule has 0 spiro atoms. The largest absolute Gasteiger partial charge is 0.496 e. The van der Waals surface area contributed by atoms with Gasteiger partial charge in [0.2, 0.25) is 5.95 Å². The molecule has 2 heterocycles. The predicted octanol–water partition coefficient (Wildman–Crippen LogP) is 1.99. The molecule has 2 aromatic heterocycles. The SMILES string of the molecule is COc1ccccc1C(=O)Nc1nnc2ccccn12. The van der Waals surface area contributed by atoms with E-state index in [1.54, 1.807) is 28.8 Å². The van der Waals surface area contributed by atoms with Gasteiger partial charge in [0.05, 0.1) is 12.7 Å². The number of anilines is 1. The van der Waals surface area contributed by atoms with Crippen LogP contribution in [0.2, 0.25) is 0 Å². The number of fused-ring (bicyclic) bond motifs is 1. The lowest BCUT2D eigenvalue weighted by Gasteiger charge is -2.07. The van der Waals surface area contributed by atoms with Gasteiger partial charge in [-0.3, -0.25) is 14.5 Å².